The van der Waals surface area contributed by atoms with Crippen LogP contribution in [0.5, 0.6) is 0 Å². The molecule has 0 saturated heterocycles. The summed E-state index contributed by atoms with van der Waals surface area (Å²) >= 11 is 0. The Morgan fingerprint density at radius 1 is 0.333 bits per heavy atom. The van der Waals surface area contributed by atoms with Gasteiger partial charge in [0.1, 0.15) is 0 Å². The van der Waals surface area contributed by atoms with E-state index < -0.39 is 6.04 Å². The molecule has 10 rings (SSSR count). The fourth-order valence-electron chi connectivity index (χ4n) is 7.34. The molecule has 0 atom stereocenters. The number of hydrogen-bond acceptors (Lipinski definition) is 3. The van der Waals surface area contributed by atoms with Crippen molar-refractivity contribution in [2.24, 2.45) is 0 Å². The number of hydrogen-bond donors (Lipinski definition) is 0. The van der Waals surface area contributed by atoms with Crippen LogP contribution >= 0.6 is 0 Å². The zero-order chi connectivity index (χ0) is 40.2. The van der Waals surface area contributed by atoms with E-state index >= 15 is 0 Å². The van der Waals surface area contributed by atoms with Crippen molar-refractivity contribution in [3.8, 4) is 67.3 Å². The van der Waals surface area contributed by atoms with Gasteiger partial charge in [0.25, 0.3) is 0 Å². The highest BCUT2D eigenvalue weighted by atomic mass is 14.9. The second-order valence-corrected chi connectivity index (χ2v) is 13.3. The van der Waals surface area contributed by atoms with Crippen LogP contribution in [0, 0.1) is 0 Å². The monoisotopic (exact) mass is 692 g/mol. The maximum absolute atomic E-state index is 8.48. The fourth-order valence-corrected chi connectivity index (χ4v) is 7.34. The fraction of sp³-hybridized carbons (Fsp3) is 0. The topological polar surface area (TPSA) is 38.7 Å². The Morgan fingerprint density at radius 2 is 0.796 bits per heavy atom. The second-order valence-electron chi connectivity index (χ2n) is 13.3. The summed E-state index contributed by atoms with van der Waals surface area (Å²) in [4.78, 5) is 14.4. The number of fused-ring (bicyclic) bond motifs is 6. The molecule has 0 aliphatic rings. The van der Waals surface area contributed by atoms with Crippen LogP contribution in [-0.2, 0) is 0 Å². The van der Waals surface area contributed by atoms with E-state index in [4.69, 9.17) is 16.8 Å². The molecule has 252 valence electrons. The highest BCUT2D eigenvalue weighted by Gasteiger charge is 2.14. The van der Waals surface area contributed by atoms with E-state index in [1.807, 2.05) is 36.5 Å². The van der Waals surface area contributed by atoms with E-state index in [9.17, 15) is 0 Å². The Morgan fingerprint density at radius 3 is 1.35 bits per heavy atom. The Hall–Kier alpha value is -7.23. The van der Waals surface area contributed by atoms with Crippen LogP contribution in [0.25, 0.3) is 99.6 Å². The van der Waals surface area contributed by atoms with Crippen molar-refractivity contribution >= 4 is 32.3 Å². The molecular formula is C51H33N3. The Labute approximate surface area is 321 Å². The van der Waals surface area contributed by atoms with Crippen molar-refractivity contribution in [2.45, 2.75) is 0 Å². The summed E-state index contributed by atoms with van der Waals surface area (Å²) in [6.45, 7) is 0. The molecule has 0 N–H and O–H groups in total. The molecule has 0 aliphatic carbocycles. The molecule has 0 amide bonds. The lowest BCUT2D eigenvalue weighted by atomic mass is 9.92. The van der Waals surface area contributed by atoms with Gasteiger partial charge in [-0.15, -0.1) is 0 Å². The van der Waals surface area contributed by atoms with Crippen molar-refractivity contribution < 1.29 is 6.85 Å². The SMILES string of the molecule is [2H]c1c([2H])c([2H])c(-c2ccc(-c3cc(-c4ccc(-c5cccnc5)cc4)nc(-c4ccc(-c5ccc6c7ccccc7c7ccccc7c6c5)cc4)n3)cc2)c([2H])c1[2H]. The number of aromatic nitrogens is 3. The lowest BCUT2D eigenvalue weighted by Crippen LogP contribution is -1.96. The van der Waals surface area contributed by atoms with Crippen molar-refractivity contribution in [3.63, 3.8) is 0 Å². The third-order valence-electron chi connectivity index (χ3n) is 10.1. The number of nitrogens with zero attached hydrogens (tertiary/aromatic N) is 3. The molecule has 0 unspecified atom stereocenters. The Balaban J connectivity index is 1.05. The highest BCUT2D eigenvalue weighted by Crippen LogP contribution is 2.38. The van der Waals surface area contributed by atoms with E-state index in [1.54, 1.807) is 18.3 Å². The predicted octanol–water partition coefficient (Wildman–Crippen LogP) is 13.3. The molecule has 0 saturated carbocycles. The van der Waals surface area contributed by atoms with Crippen molar-refractivity contribution in [3.05, 3.63) is 200 Å². The molecule has 2 heterocycles. The van der Waals surface area contributed by atoms with E-state index in [-0.39, 0.29) is 29.7 Å². The molecular weight excluding hydrogens is 655 g/mol. The summed E-state index contributed by atoms with van der Waals surface area (Å²) in [5.74, 6) is 0.561. The molecule has 0 radical (unpaired) electrons. The maximum atomic E-state index is 8.48. The third kappa shape index (κ3) is 5.78. The first-order valence-corrected chi connectivity index (χ1v) is 17.8. The minimum absolute atomic E-state index is 0.161. The maximum Gasteiger partial charge on any atom is 0.160 e. The van der Waals surface area contributed by atoms with Crippen LogP contribution in [0.2, 0.25) is 0 Å². The standard InChI is InChI=1S/C51H33N3/c1-2-9-34(10-3-1)35-16-22-38(23-17-35)49-32-50(39-24-18-37(19-25-39)42-11-8-30-52-33-42)54-51(53-49)40-26-20-36(21-27-40)41-28-29-47-45-14-5-4-12-43(45)44-13-6-7-15-46(44)48(47)31-41/h1-33H/i1D,2D,3D,9D,10D. The first-order valence-electron chi connectivity index (χ1n) is 20.3. The van der Waals surface area contributed by atoms with Crippen molar-refractivity contribution in [2.75, 3.05) is 0 Å². The molecule has 0 bridgehead atoms. The van der Waals surface area contributed by atoms with Gasteiger partial charge in [0.05, 0.1) is 18.2 Å². The molecule has 3 heteroatoms. The molecule has 0 aliphatic heterocycles. The highest BCUT2D eigenvalue weighted by molar-refractivity contribution is 6.25. The summed E-state index contributed by atoms with van der Waals surface area (Å²) in [6.07, 6.45) is 3.60. The molecule has 54 heavy (non-hydrogen) atoms. The van der Waals surface area contributed by atoms with Gasteiger partial charge in [0.15, 0.2) is 5.82 Å². The van der Waals surface area contributed by atoms with Crippen LogP contribution in [-0.4, -0.2) is 15.0 Å². The zero-order valence-electron chi connectivity index (χ0n) is 34.0. The summed E-state index contributed by atoms with van der Waals surface area (Å²) < 4.78 is 41.3. The van der Waals surface area contributed by atoms with Crippen LogP contribution in [0.15, 0.2) is 200 Å². The minimum atomic E-state index is -0.414. The average Bonchev–Trinajstić information content (AvgIpc) is 3.30. The van der Waals surface area contributed by atoms with Gasteiger partial charge in [-0.05, 0) is 83.9 Å². The summed E-state index contributed by atoms with van der Waals surface area (Å²) in [6, 6.07) is 52.1. The van der Waals surface area contributed by atoms with Gasteiger partial charge in [-0.3, -0.25) is 4.98 Å². The Kier molecular flexibility index (Phi) is 6.58. The lowest BCUT2D eigenvalue weighted by Gasteiger charge is -2.13. The van der Waals surface area contributed by atoms with E-state index in [0.29, 0.717) is 17.1 Å². The summed E-state index contributed by atoms with van der Waals surface area (Å²) in [5, 5.41) is 7.41. The molecule has 3 nitrogen and oxygen atoms in total. The van der Waals surface area contributed by atoms with Gasteiger partial charge in [0.2, 0.25) is 0 Å². The van der Waals surface area contributed by atoms with Gasteiger partial charge >= 0.3 is 0 Å². The number of rotatable bonds is 6. The van der Waals surface area contributed by atoms with Gasteiger partial charge in [-0.2, -0.15) is 0 Å². The molecule has 0 spiro atoms. The largest absolute Gasteiger partial charge is 0.264 e. The van der Waals surface area contributed by atoms with E-state index in [0.717, 1.165) is 44.6 Å². The smallest absolute Gasteiger partial charge is 0.160 e. The number of pyridine rings is 1. The van der Waals surface area contributed by atoms with Gasteiger partial charge in [-0.1, -0.05) is 170 Å². The summed E-state index contributed by atoms with van der Waals surface area (Å²) in [7, 11) is 0. The molecule has 8 aromatic carbocycles. The number of benzene rings is 8. The minimum Gasteiger partial charge on any atom is -0.264 e. The van der Waals surface area contributed by atoms with Crippen LogP contribution in [0.3, 0.4) is 0 Å². The van der Waals surface area contributed by atoms with E-state index in [1.165, 1.54) is 32.3 Å². The van der Waals surface area contributed by atoms with Crippen molar-refractivity contribution in [1.29, 1.82) is 0 Å². The second kappa shape index (κ2) is 13.4. The quantitative estimate of drug-likeness (QED) is 0.163. The van der Waals surface area contributed by atoms with E-state index in [2.05, 4.69) is 120 Å². The normalized spacial score (nSPS) is 12.6. The summed E-state index contributed by atoms with van der Waals surface area (Å²) in [5.41, 5.74) is 8.96. The van der Waals surface area contributed by atoms with Gasteiger partial charge in [0, 0.05) is 29.1 Å². The van der Waals surface area contributed by atoms with Crippen molar-refractivity contribution in [1.82, 2.24) is 15.0 Å². The Bertz CT molecular complexity index is 3180. The van der Waals surface area contributed by atoms with Gasteiger partial charge in [-0.25, -0.2) is 9.97 Å². The molecule has 10 aromatic rings. The molecule has 0 fully saturated rings. The first kappa shape index (κ1) is 26.5. The first-order chi connectivity index (χ1) is 28.8. The van der Waals surface area contributed by atoms with Crippen LogP contribution < -0.4 is 0 Å². The van der Waals surface area contributed by atoms with Crippen LogP contribution in [0.1, 0.15) is 6.85 Å². The zero-order valence-corrected chi connectivity index (χ0v) is 29.0. The average molecular weight is 693 g/mol. The van der Waals surface area contributed by atoms with Crippen LogP contribution in [0.4, 0.5) is 0 Å². The lowest BCUT2D eigenvalue weighted by molar-refractivity contribution is 1.18. The predicted molar refractivity (Wildman–Crippen MR) is 225 cm³/mol. The third-order valence-corrected chi connectivity index (χ3v) is 10.1. The molecule has 2 aromatic heterocycles. The van der Waals surface area contributed by atoms with Gasteiger partial charge < -0.3 is 0 Å².